The number of amides is 1. The quantitative estimate of drug-likeness (QED) is 0.227. The highest BCUT2D eigenvalue weighted by Gasteiger charge is 2.16. The standard InChI is InChI=1S/C6H13N3O/c7-9(5-10)6-2-1-3-8-4-6/h5-6,8H,1-4,7H2. The number of hydrazine groups is 1. The summed E-state index contributed by atoms with van der Waals surface area (Å²) in [6.45, 7) is 1.87. The molecule has 0 aliphatic carbocycles. The van der Waals surface area contributed by atoms with Gasteiger partial charge in [-0.3, -0.25) is 9.80 Å². The molecule has 0 saturated carbocycles. The highest BCUT2D eigenvalue weighted by molar-refractivity contribution is 5.46. The molecule has 1 amide bonds. The van der Waals surface area contributed by atoms with Crippen molar-refractivity contribution in [2.75, 3.05) is 13.1 Å². The van der Waals surface area contributed by atoms with Crippen LogP contribution < -0.4 is 11.2 Å². The normalized spacial score (nSPS) is 25.9. The van der Waals surface area contributed by atoms with Gasteiger partial charge in [-0.05, 0) is 19.4 Å². The van der Waals surface area contributed by atoms with E-state index in [1.54, 1.807) is 0 Å². The first-order chi connectivity index (χ1) is 4.84. The van der Waals surface area contributed by atoms with Crippen LogP contribution in [0.3, 0.4) is 0 Å². The maximum absolute atomic E-state index is 10.2. The number of hydrogen-bond donors (Lipinski definition) is 2. The highest BCUT2D eigenvalue weighted by atomic mass is 16.1. The lowest BCUT2D eigenvalue weighted by Gasteiger charge is -2.27. The van der Waals surface area contributed by atoms with Crippen LogP contribution in [0.25, 0.3) is 0 Å². The second kappa shape index (κ2) is 3.53. The summed E-state index contributed by atoms with van der Waals surface area (Å²) < 4.78 is 0. The predicted octanol–water partition coefficient (Wildman–Crippen LogP) is -0.929. The van der Waals surface area contributed by atoms with E-state index in [9.17, 15) is 4.79 Å². The minimum atomic E-state index is 0.200. The Bertz CT molecular complexity index is 112. The lowest BCUT2D eigenvalue weighted by Crippen LogP contribution is -2.48. The van der Waals surface area contributed by atoms with E-state index in [2.05, 4.69) is 5.32 Å². The smallest absolute Gasteiger partial charge is 0.223 e. The van der Waals surface area contributed by atoms with Gasteiger partial charge in [0.05, 0.1) is 6.04 Å². The first-order valence-electron chi connectivity index (χ1n) is 3.53. The topological polar surface area (TPSA) is 58.4 Å². The van der Waals surface area contributed by atoms with Gasteiger partial charge in [-0.15, -0.1) is 0 Å². The number of rotatable bonds is 2. The van der Waals surface area contributed by atoms with Gasteiger partial charge in [0.2, 0.25) is 6.41 Å². The van der Waals surface area contributed by atoms with Crippen molar-refractivity contribution in [3.63, 3.8) is 0 Å². The molecule has 1 saturated heterocycles. The Labute approximate surface area is 60.3 Å². The average Bonchev–Trinajstić information content (AvgIpc) is 2.05. The van der Waals surface area contributed by atoms with Crippen molar-refractivity contribution in [2.45, 2.75) is 18.9 Å². The Morgan fingerprint density at radius 2 is 2.50 bits per heavy atom. The van der Waals surface area contributed by atoms with Crippen LogP contribution in [-0.4, -0.2) is 30.6 Å². The zero-order valence-electron chi connectivity index (χ0n) is 5.92. The van der Waals surface area contributed by atoms with Crippen molar-refractivity contribution in [1.29, 1.82) is 0 Å². The van der Waals surface area contributed by atoms with E-state index in [-0.39, 0.29) is 6.04 Å². The predicted molar refractivity (Wildman–Crippen MR) is 38.0 cm³/mol. The van der Waals surface area contributed by atoms with Crippen molar-refractivity contribution in [2.24, 2.45) is 5.84 Å². The molecule has 1 atom stereocenters. The maximum Gasteiger partial charge on any atom is 0.223 e. The fourth-order valence-corrected chi connectivity index (χ4v) is 1.17. The van der Waals surface area contributed by atoms with Crippen LogP contribution in [0.4, 0.5) is 0 Å². The SMILES string of the molecule is NN(C=O)C1CCCNC1. The Morgan fingerprint density at radius 1 is 1.70 bits per heavy atom. The van der Waals surface area contributed by atoms with Crippen molar-refractivity contribution < 1.29 is 4.79 Å². The Kier molecular flexibility index (Phi) is 2.65. The van der Waals surface area contributed by atoms with E-state index in [0.717, 1.165) is 25.9 Å². The summed E-state index contributed by atoms with van der Waals surface area (Å²) >= 11 is 0. The van der Waals surface area contributed by atoms with Gasteiger partial charge in [0.1, 0.15) is 0 Å². The second-order valence-corrected chi connectivity index (χ2v) is 2.55. The minimum Gasteiger partial charge on any atom is -0.315 e. The van der Waals surface area contributed by atoms with Crippen molar-refractivity contribution in [1.82, 2.24) is 10.3 Å². The lowest BCUT2D eigenvalue weighted by atomic mass is 10.1. The van der Waals surface area contributed by atoms with Crippen LogP contribution in [-0.2, 0) is 4.79 Å². The van der Waals surface area contributed by atoms with Crippen LogP contribution in [0.15, 0.2) is 0 Å². The third kappa shape index (κ3) is 1.68. The fraction of sp³-hybridized carbons (Fsp3) is 0.833. The molecular formula is C6H13N3O. The van der Waals surface area contributed by atoms with Gasteiger partial charge in [0.25, 0.3) is 0 Å². The minimum absolute atomic E-state index is 0.200. The van der Waals surface area contributed by atoms with E-state index in [4.69, 9.17) is 5.84 Å². The van der Waals surface area contributed by atoms with Gasteiger partial charge >= 0.3 is 0 Å². The third-order valence-corrected chi connectivity index (χ3v) is 1.81. The van der Waals surface area contributed by atoms with Crippen molar-refractivity contribution in [3.05, 3.63) is 0 Å². The zero-order chi connectivity index (χ0) is 7.40. The number of nitrogens with one attached hydrogen (secondary N) is 1. The van der Waals surface area contributed by atoms with Crippen LogP contribution in [0, 0.1) is 0 Å². The molecule has 0 aromatic carbocycles. The van der Waals surface area contributed by atoms with E-state index in [0.29, 0.717) is 6.41 Å². The molecule has 0 bridgehead atoms. The molecule has 1 aliphatic rings. The Balaban J connectivity index is 2.30. The molecule has 1 rings (SSSR count). The molecule has 1 fully saturated rings. The molecule has 1 heterocycles. The number of nitrogens with two attached hydrogens (primary N) is 1. The van der Waals surface area contributed by atoms with E-state index < -0.39 is 0 Å². The summed E-state index contributed by atoms with van der Waals surface area (Å²) in [4.78, 5) is 10.2. The van der Waals surface area contributed by atoms with Crippen LogP contribution in [0.5, 0.6) is 0 Å². The van der Waals surface area contributed by atoms with Crippen LogP contribution in [0.2, 0.25) is 0 Å². The summed E-state index contributed by atoms with van der Waals surface area (Å²) in [5, 5.41) is 4.41. The first kappa shape index (κ1) is 7.50. The van der Waals surface area contributed by atoms with Gasteiger partial charge < -0.3 is 5.32 Å². The molecule has 4 nitrogen and oxygen atoms in total. The average molecular weight is 143 g/mol. The number of hydrogen-bond acceptors (Lipinski definition) is 3. The molecule has 0 aromatic rings. The summed E-state index contributed by atoms with van der Waals surface area (Å²) in [5.41, 5.74) is 0. The fourth-order valence-electron chi connectivity index (χ4n) is 1.17. The lowest BCUT2D eigenvalue weighted by molar-refractivity contribution is -0.120. The van der Waals surface area contributed by atoms with Crippen LogP contribution in [0.1, 0.15) is 12.8 Å². The Hall–Kier alpha value is -0.610. The largest absolute Gasteiger partial charge is 0.315 e. The number of piperidine rings is 1. The Morgan fingerprint density at radius 3 is 3.00 bits per heavy atom. The molecule has 1 unspecified atom stereocenters. The molecule has 0 aromatic heterocycles. The van der Waals surface area contributed by atoms with Crippen molar-refractivity contribution >= 4 is 6.41 Å². The molecule has 4 heteroatoms. The number of nitrogens with zero attached hydrogens (tertiary/aromatic N) is 1. The van der Waals surface area contributed by atoms with Gasteiger partial charge in [-0.25, -0.2) is 5.84 Å². The summed E-state index contributed by atoms with van der Waals surface area (Å²) in [5.74, 6) is 5.37. The van der Waals surface area contributed by atoms with Crippen LogP contribution >= 0.6 is 0 Å². The molecule has 0 radical (unpaired) electrons. The highest BCUT2D eigenvalue weighted by Crippen LogP contribution is 2.04. The van der Waals surface area contributed by atoms with E-state index >= 15 is 0 Å². The molecule has 1 aliphatic heterocycles. The van der Waals surface area contributed by atoms with Gasteiger partial charge in [-0.1, -0.05) is 0 Å². The monoisotopic (exact) mass is 143 g/mol. The van der Waals surface area contributed by atoms with Gasteiger partial charge in [0.15, 0.2) is 0 Å². The molecule has 3 N–H and O–H groups in total. The third-order valence-electron chi connectivity index (χ3n) is 1.81. The van der Waals surface area contributed by atoms with E-state index in [1.165, 1.54) is 5.01 Å². The molecule has 10 heavy (non-hydrogen) atoms. The zero-order valence-corrected chi connectivity index (χ0v) is 5.92. The summed E-state index contributed by atoms with van der Waals surface area (Å²) in [6, 6.07) is 0.200. The van der Waals surface area contributed by atoms with Gasteiger partial charge in [0, 0.05) is 6.54 Å². The maximum atomic E-state index is 10.2. The molecule has 58 valence electrons. The second-order valence-electron chi connectivity index (χ2n) is 2.55. The first-order valence-corrected chi connectivity index (χ1v) is 3.53. The van der Waals surface area contributed by atoms with Crippen molar-refractivity contribution in [3.8, 4) is 0 Å². The summed E-state index contributed by atoms with van der Waals surface area (Å²) in [6.07, 6.45) is 2.80. The van der Waals surface area contributed by atoms with Gasteiger partial charge in [-0.2, -0.15) is 0 Å². The number of carbonyl (C=O) groups is 1. The summed E-state index contributed by atoms with van der Waals surface area (Å²) in [7, 11) is 0. The number of carbonyl (C=O) groups excluding carboxylic acids is 1. The molecule has 0 spiro atoms. The van der Waals surface area contributed by atoms with E-state index in [1.807, 2.05) is 0 Å². The molecular weight excluding hydrogens is 130 g/mol.